The van der Waals surface area contributed by atoms with Gasteiger partial charge < -0.3 is 5.11 Å². The summed E-state index contributed by atoms with van der Waals surface area (Å²) in [6, 6.07) is 22.1. The van der Waals surface area contributed by atoms with Crippen molar-refractivity contribution in [2.24, 2.45) is 0 Å². The van der Waals surface area contributed by atoms with E-state index in [-0.39, 0.29) is 0 Å². The lowest BCUT2D eigenvalue weighted by atomic mass is 9.80. The molecule has 0 radical (unpaired) electrons. The Morgan fingerprint density at radius 2 is 1.26 bits per heavy atom. The van der Waals surface area contributed by atoms with Crippen LogP contribution in [0.5, 0.6) is 0 Å². The van der Waals surface area contributed by atoms with Crippen LogP contribution in [0.15, 0.2) is 83.5 Å². The zero-order valence-electron chi connectivity index (χ0n) is 14.0. The van der Waals surface area contributed by atoms with Crippen LogP contribution >= 0.6 is 39.1 Å². The van der Waals surface area contributed by atoms with Crippen LogP contribution in [0.3, 0.4) is 0 Å². The van der Waals surface area contributed by atoms with E-state index in [1.807, 2.05) is 48.5 Å². The van der Waals surface area contributed by atoms with Crippen LogP contribution in [0, 0.1) is 0 Å². The summed E-state index contributed by atoms with van der Waals surface area (Å²) in [7, 11) is 0. The lowest BCUT2D eigenvalue weighted by Gasteiger charge is -2.30. The molecule has 27 heavy (non-hydrogen) atoms. The maximum absolute atomic E-state index is 11.9. The molecule has 4 aromatic rings. The van der Waals surface area contributed by atoms with E-state index in [0.29, 0.717) is 21.2 Å². The predicted molar refractivity (Wildman–Crippen MR) is 114 cm³/mol. The van der Waals surface area contributed by atoms with Gasteiger partial charge in [-0.15, -0.1) is 0 Å². The number of fused-ring (bicyclic) bond motifs is 1. The third-order valence-corrected chi connectivity index (χ3v) is 5.83. The van der Waals surface area contributed by atoms with Crippen molar-refractivity contribution < 1.29 is 5.11 Å². The van der Waals surface area contributed by atoms with Gasteiger partial charge in [-0.1, -0.05) is 69.5 Å². The first kappa shape index (κ1) is 18.5. The fourth-order valence-corrected chi connectivity index (χ4v) is 3.91. The Kier molecular flexibility index (Phi) is 4.95. The zero-order chi connectivity index (χ0) is 19.0. The number of halogens is 3. The topological polar surface area (TPSA) is 33.1 Å². The van der Waals surface area contributed by atoms with E-state index in [1.54, 1.807) is 30.5 Å². The minimum absolute atomic E-state index is 0.614. The minimum atomic E-state index is -1.36. The van der Waals surface area contributed by atoms with Gasteiger partial charge in [0, 0.05) is 26.1 Å². The van der Waals surface area contributed by atoms with E-state index in [2.05, 4.69) is 20.9 Å². The van der Waals surface area contributed by atoms with Crippen LogP contribution in [-0.2, 0) is 5.60 Å². The number of aromatic nitrogens is 1. The molecule has 0 aliphatic rings. The first-order valence-corrected chi connectivity index (χ1v) is 9.82. The quantitative estimate of drug-likeness (QED) is 0.351. The molecule has 0 aliphatic heterocycles. The van der Waals surface area contributed by atoms with Crippen LogP contribution in [0.25, 0.3) is 10.9 Å². The molecule has 0 fully saturated rings. The third-order valence-electron chi connectivity index (χ3n) is 4.63. The summed E-state index contributed by atoms with van der Waals surface area (Å²) >= 11 is 15.7. The molecule has 134 valence electrons. The second kappa shape index (κ2) is 7.25. The number of nitrogens with zero attached hydrogens (tertiary/aromatic N) is 1. The molecule has 2 nitrogen and oxygen atoms in total. The van der Waals surface area contributed by atoms with Gasteiger partial charge in [-0.2, -0.15) is 0 Å². The molecule has 0 amide bonds. The van der Waals surface area contributed by atoms with Crippen LogP contribution in [0.4, 0.5) is 0 Å². The van der Waals surface area contributed by atoms with Crippen molar-refractivity contribution in [2.75, 3.05) is 0 Å². The second-order valence-electron chi connectivity index (χ2n) is 6.25. The number of hydrogen-bond donors (Lipinski definition) is 1. The maximum Gasteiger partial charge on any atom is 0.140 e. The molecular formula is C22H14BrCl2NO. The SMILES string of the molecule is OC(c1ccc(Cl)cc1)(c1ccc(Cl)cc1)c1ccc2nccc(Br)c2c1. The Morgan fingerprint density at radius 3 is 1.81 bits per heavy atom. The van der Waals surface area contributed by atoms with Crippen molar-refractivity contribution >= 4 is 50.0 Å². The summed E-state index contributed by atoms with van der Waals surface area (Å²) in [6.45, 7) is 0. The summed E-state index contributed by atoms with van der Waals surface area (Å²) in [6.07, 6.45) is 1.75. The predicted octanol–water partition coefficient (Wildman–Crippen LogP) is 6.59. The Morgan fingerprint density at radius 1 is 0.741 bits per heavy atom. The van der Waals surface area contributed by atoms with Crippen LogP contribution < -0.4 is 0 Å². The molecule has 4 rings (SSSR count). The van der Waals surface area contributed by atoms with Crippen molar-refractivity contribution in [3.05, 3.63) is 110 Å². The fraction of sp³-hybridized carbons (Fsp3) is 0.0455. The van der Waals surface area contributed by atoms with Crippen molar-refractivity contribution in [2.45, 2.75) is 5.60 Å². The molecule has 0 saturated carbocycles. The van der Waals surface area contributed by atoms with E-state index < -0.39 is 5.60 Å². The lowest BCUT2D eigenvalue weighted by molar-refractivity contribution is 0.126. The molecule has 1 N–H and O–H groups in total. The van der Waals surface area contributed by atoms with E-state index in [4.69, 9.17) is 23.2 Å². The highest BCUT2D eigenvalue weighted by Gasteiger charge is 2.34. The molecule has 0 bridgehead atoms. The molecule has 0 atom stereocenters. The summed E-state index contributed by atoms with van der Waals surface area (Å²) in [4.78, 5) is 4.39. The first-order valence-electron chi connectivity index (χ1n) is 8.28. The van der Waals surface area contributed by atoms with Gasteiger partial charge in [-0.3, -0.25) is 4.98 Å². The molecule has 3 aromatic carbocycles. The molecule has 0 aliphatic carbocycles. The molecule has 1 heterocycles. The molecule has 1 aromatic heterocycles. The van der Waals surface area contributed by atoms with Crippen LogP contribution in [-0.4, -0.2) is 10.1 Å². The van der Waals surface area contributed by atoms with Gasteiger partial charge >= 0.3 is 0 Å². The molecule has 0 saturated heterocycles. The Hall–Kier alpha value is -1.91. The van der Waals surface area contributed by atoms with Gasteiger partial charge in [0.1, 0.15) is 5.60 Å². The highest BCUT2D eigenvalue weighted by atomic mass is 79.9. The molecular weight excluding hydrogens is 445 g/mol. The van der Waals surface area contributed by atoms with Gasteiger partial charge in [0.15, 0.2) is 0 Å². The van der Waals surface area contributed by atoms with Gasteiger partial charge in [0.25, 0.3) is 0 Å². The maximum atomic E-state index is 11.9. The summed E-state index contributed by atoms with van der Waals surface area (Å²) in [5, 5.41) is 14.1. The van der Waals surface area contributed by atoms with E-state index >= 15 is 0 Å². The molecule has 0 unspecified atom stereocenters. The largest absolute Gasteiger partial charge is 0.376 e. The van der Waals surface area contributed by atoms with Gasteiger partial charge in [0.05, 0.1) is 5.52 Å². The molecule has 0 spiro atoms. The Bertz CT molecular complexity index is 1070. The zero-order valence-corrected chi connectivity index (χ0v) is 17.1. The van der Waals surface area contributed by atoms with Crippen LogP contribution in [0.1, 0.15) is 16.7 Å². The van der Waals surface area contributed by atoms with Crippen molar-refractivity contribution in [1.29, 1.82) is 0 Å². The summed E-state index contributed by atoms with van der Waals surface area (Å²) < 4.78 is 0.920. The standard InChI is InChI=1S/C22H14BrCl2NO/c23-20-11-12-26-21-10-5-16(13-19(20)21)22(27,14-1-6-17(24)7-2-14)15-3-8-18(25)9-4-15/h1-13,27H. The molecule has 5 heteroatoms. The van der Waals surface area contributed by atoms with Crippen molar-refractivity contribution in [3.63, 3.8) is 0 Å². The van der Waals surface area contributed by atoms with E-state index in [9.17, 15) is 5.11 Å². The average Bonchev–Trinajstić information content (AvgIpc) is 2.68. The Balaban J connectivity index is 1.99. The summed E-state index contributed by atoms with van der Waals surface area (Å²) in [5.41, 5.74) is 1.65. The first-order chi connectivity index (χ1) is 13.0. The van der Waals surface area contributed by atoms with E-state index in [1.165, 1.54) is 0 Å². The highest BCUT2D eigenvalue weighted by molar-refractivity contribution is 9.10. The lowest BCUT2D eigenvalue weighted by Crippen LogP contribution is -2.28. The average molecular weight is 459 g/mol. The smallest absolute Gasteiger partial charge is 0.140 e. The van der Waals surface area contributed by atoms with E-state index in [0.717, 1.165) is 20.9 Å². The third kappa shape index (κ3) is 3.37. The monoisotopic (exact) mass is 457 g/mol. The van der Waals surface area contributed by atoms with Crippen molar-refractivity contribution in [3.8, 4) is 0 Å². The van der Waals surface area contributed by atoms with Crippen molar-refractivity contribution in [1.82, 2.24) is 4.98 Å². The summed E-state index contributed by atoms with van der Waals surface area (Å²) in [5.74, 6) is 0. The normalized spacial score (nSPS) is 11.7. The van der Waals surface area contributed by atoms with Gasteiger partial charge in [-0.05, 0) is 59.2 Å². The van der Waals surface area contributed by atoms with Gasteiger partial charge in [0.2, 0.25) is 0 Å². The van der Waals surface area contributed by atoms with Crippen LogP contribution in [0.2, 0.25) is 10.0 Å². The second-order valence-corrected chi connectivity index (χ2v) is 7.98. The number of aliphatic hydroxyl groups is 1. The highest BCUT2D eigenvalue weighted by Crippen LogP contribution is 2.39. The Labute approximate surface area is 175 Å². The minimum Gasteiger partial charge on any atom is -0.376 e. The number of rotatable bonds is 3. The number of hydrogen-bond acceptors (Lipinski definition) is 2. The number of benzene rings is 3. The number of pyridine rings is 1. The van der Waals surface area contributed by atoms with Gasteiger partial charge in [-0.25, -0.2) is 0 Å². The fourth-order valence-electron chi connectivity index (χ4n) is 3.22.